The van der Waals surface area contributed by atoms with E-state index in [9.17, 15) is 13.2 Å². The van der Waals surface area contributed by atoms with Gasteiger partial charge in [0.05, 0.1) is 4.88 Å². The molecule has 0 saturated heterocycles. The molecule has 3 aromatic rings. The molecular weight excluding hydrogens is 452 g/mol. The summed E-state index contributed by atoms with van der Waals surface area (Å²) in [5.41, 5.74) is 1.94. The number of aromatic nitrogens is 1. The quantitative estimate of drug-likeness (QED) is 0.529. The zero-order valence-electron chi connectivity index (χ0n) is 16.2. The first-order valence-electron chi connectivity index (χ1n) is 8.85. The predicted molar refractivity (Wildman–Crippen MR) is 111 cm³/mol. The van der Waals surface area contributed by atoms with Gasteiger partial charge in [0.1, 0.15) is 15.6 Å². The highest BCUT2D eigenvalue weighted by Gasteiger charge is 2.30. The Bertz CT molecular complexity index is 1250. The number of nitrogens with one attached hydrogen (secondary N) is 1. The van der Waals surface area contributed by atoms with Gasteiger partial charge < -0.3 is 14.0 Å². The van der Waals surface area contributed by atoms with Gasteiger partial charge in [-0.05, 0) is 48.6 Å². The van der Waals surface area contributed by atoms with Crippen LogP contribution in [-0.4, -0.2) is 26.2 Å². The lowest BCUT2D eigenvalue weighted by Crippen LogP contribution is -2.17. The average Bonchev–Trinajstić information content (AvgIpc) is 3.43. The summed E-state index contributed by atoms with van der Waals surface area (Å²) in [6.07, 6.45) is 0. The molecular formula is C19H17ClN2O6S2. The molecule has 1 atom stereocenters. The first kappa shape index (κ1) is 20.7. The van der Waals surface area contributed by atoms with E-state index in [1.807, 2.05) is 13.0 Å². The van der Waals surface area contributed by atoms with E-state index in [0.29, 0.717) is 17.2 Å². The SMILES string of the molecule is Cc1cc2c(cc1C(C)C(=O)c1sccc1S(=O)(=O)Nc1onc(C)c1Cl)OCO2. The number of hydrogen-bond acceptors (Lipinski definition) is 8. The highest BCUT2D eigenvalue weighted by Crippen LogP contribution is 2.39. The molecule has 0 fully saturated rings. The number of ether oxygens (including phenoxy) is 2. The van der Waals surface area contributed by atoms with Crippen LogP contribution in [0, 0.1) is 13.8 Å². The Hall–Kier alpha value is -2.56. The summed E-state index contributed by atoms with van der Waals surface area (Å²) >= 11 is 7.06. The Balaban J connectivity index is 1.65. The predicted octanol–water partition coefficient (Wildman–Crippen LogP) is 4.52. The smallest absolute Gasteiger partial charge is 0.265 e. The maximum Gasteiger partial charge on any atom is 0.265 e. The van der Waals surface area contributed by atoms with E-state index in [0.717, 1.165) is 22.5 Å². The van der Waals surface area contributed by atoms with Gasteiger partial charge in [0, 0.05) is 5.92 Å². The molecule has 0 amide bonds. The molecule has 11 heteroatoms. The first-order chi connectivity index (χ1) is 14.2. The molecule has 4 rings (SSSR count). The van der Waals surface area contributed by atoms with Crippen molar-refractivity contribution in [1.29, 1.82) is 0 Å². The van der Waals surface area contributed by atoms with E-state index < -0.39 is 15.9 Å². The van der Waals surface area contributed by atoms with Crippen LogP contribution in [0.25, 0.3) is 0 Å². The number of Topliss-reactive ketones (excluding diaryl/α,β-unsaturated/α-hetero) is 1. The number of sulfonamides is 1. The van der Waals surface area contributed by atoms with Crippen LogP contribution in [0.5, 0.6) is 11.5 Å². The fourth-order valence-corrected chi connectivity index (χ4v) is 5.79. The van der Waals surface area contributed by atoms with Crippen molar-refractivity contribution in [3.63, 3.8) is 0 Å². The molecule has 8 nitrogen and oxygen atoms in total. The molecule has 1 aliphatic rings. The maximum atomic E-state index is 13.2. The molecule has 2 aromatic heterocycles. The Labute approximate surface area is 181 Å². The van der Waals surface area contributed by atoms with Gasteiger partial charge in [0.25, 0.3) is 15.9 Å². The Morgan fingerprint density at radius 2 is 1.97 bits per heavy atom. The van der Waals surface area contributed by atoms with Gasteiger partial charge in [0.15, 0.2) is 17.3 Å². The normalized spacial score (nSPS) is 14.0. The number of thiophene rings is 1. The minimum atomic E-state index is -4.11. The fraction of sp³-hybridized carbons (Fsp3) is 0.263. The third-order valence-corrected chi connectivity index (χ3v) is 7.66. The van der Waals surface area contributed by atoms with Crippen LogP contribution < -0.4 is 14.2 Å². The third-order valence-electron chi connectivity index (χ3n) is 4.78. The fourth-order valence-electron chi connectivity index (χ4n) is 3.15. The Morgan fingerprint density at radius 1 is 1.27 bits per heavy atom. The van der Waals surface area contributed by atoms with E-state index >= 15 is 0 Å². The summed E-state index contributed by atoms with van der Waals surface area (Å²) in [5, 5.41) is 5.24. The summed E-state index contributed by atoms with van der Waals surface area (Å²) in [4.78, 5) is 13.2. The molecule has 1 unspecified atom stereocenters. The second kappa shape index (κ2) is 7.60. The minimum absolute atomic E-state index is 0.0611. The number of ketones is 1. The van der Waals surface area contributed by atoms with Crippen molar-refractivity contribution in [3.8, 4) is 11.5 Å². The molecule has 1 N–H and O–H groups in total. The molecule has 0 spiro atoms. The van der Waals surface area contributed by atoms with Crippen molar-refractivity contribution in [3.05, 3.63) is 50.3 Å². The van der Waals surface area contributed by atoms with Crippen molar-refractivity contribution in [2.45, 2.75) is 31.6 Å². The van der Waals surface area contributed by atoms with Crippen molar-refractivity contribution in [2.24, 2.45) is 0 Å². The Morgan fingerprint density at radius 3 is 2.63 bits per heavy atom. The van der Waals surface area contributed by atoms with Gasteiger partial charge in [-0.2, -0.15) is 0 Å². The van der Waals surface area contributed by atoms with Gasteiger partial charge in [0.2, 0.25) is 6.79 Å². The van der Waals surface area contributed by atoms with Crippen molar-refractivity contribution >= 4 is 44.6 Å². The standard InChI is InChI=1S/C19H17ClN2O6S2/c1-9-6-13-14(27-8-26-13)7-12(9)10(2)17(23)18-15(4-5-29-18)30(24,25)22-19-16(20)11(3)21-28-19/h4-7,10,22H,8H2,1-3H3. The maximum absolute atomic E-state index is 13.2. The molecule has 158 valence electrons. The number of halogens is 1. The zero-order valence-corrected chi connectivity index (χ0v) is 18.6. The highest BCUT2D eigenvalue weighted by atomic mass is 35.5. The Kier molecular flexibility index (Phi) is 5.25. The average molecular weight is 469 g/mol. The lowest BCUT2D eigenvalue weighted by atomic mass is 9.91. The van der Waals surface area contributed by atoms with Crippen molar-refractivity contribution in [2.75, 3.05) is 11.5 Å². The summed E-state index contributed by atoms with van der Waals surface area (Å²) in [6.45, 7) is 5.30. The van der Waals surface area contributed by atoms with Gasteiger partial charge >= 0.3 is 0 Å². The summed E-state index contributed by atoms with van der Waals surface area (Å²) in [6, 6.07) is 4.94. The van der Waals surface area contributed by atoms with Gasteiger partial charge in [-0.25, -0.2) is 13.1 Å². The third kappa shape index (κ3) is 3.55. The molecule has 0 aliphatic carbocycles. The highest BCUT2D eigenvalue weighted by molar-refractivity contribution is 7.93. The minimum Gasteiger partial charge on any atom is -0.454 e. The molecule has 1 aliphatic heterocycles. The topological polar surface area (TPSA) is 108 Å². The second-order valence-electron chi connectivity index (χ2n) is 6.78. The summed E-state index contributed by atoms with van der Waals surface area (Å²) in [5.74, 6) is 0.0684. The van der Waals surface area contributed by atoms with Crippen molar-refractivity contribution in [1.82, 2.24) is 5.16 Å². The molecule has 0 saturated carbocycles. The molecule has 30 heavy (non-hydrogen) atoms. The number of carbonyl (C=O) groups excluding carboxylic acids is 1. The van der Waals surface area contributed by atoms with Crippen LogP contribution in [0.3, 0.4) is 0 Å². The van der Waals surface area contributed by atoms with Crippen LogP contribution >= 0.6 is 22.9 Å². The number of nitrogens with zero attached hydrogens (tertiary/aromatic N) is 1. The molecule has 3 heterocycles. The first-order valence-corrected chi connectivity index (χ1v) is 11.6. The van der Waals surface area contributed by atoms with E-state index in [1.54, 1.807) is 25.3 Å². The van der Waals surface area contributed by atoms with Crippen LogP contribution in [0.2, 0.25) is 5.02 Å². The van der Waals surface area contributed by atoms with E-state index in [-0.39, 0.29) is 33.3 Å². The molecule has 1 aromatic carbocycles. The number of anilines is 1. The van der Waals surface area contributed by atoms with Crippen LogP contribution in [0.4, 0.5) is 5.88 Å². The zero-order chi connectivity index (χ0) is 21.6. The number of rotatable bonds is 6. The molecule has 0 bridgehead atoms. The van der Waals surface area contributed by atoms with Crippen LogP contribution in [0.1, 0.15) is 39.3 Å². The number of carbonyl (C=O) groups is 1. The van der Waals surface area contributed by atoms with E-state index in [4.69, 9.17) is 25.6 Å². The number of fused-ring (bicyclic) bond motifs is 1. The van der Waals surface area contributed by atoms with Gasteiger partial charge in [-0.1, -0.05) is 23.7 Å². The van der Waals surface area contributed by atoms with Crippen molar-refractivity contribution < 1.29 is 27.2 Å². The van der Waals surface area contributed by atoms with E-state index in [2.05, 4.69) is 9.88 Å². The number of aryl methyl sites for hydroxylation is 2. The summed E-state index contributed by atoms with van der Waals surface area (Å²) < 4.78 is 43.7. The van der Waals surface area contributed by atoms with Crippen LogP contribution in [-0.2, 0) is 10.0 Å². The molecule has 0 radical (unpaired) electrons. The lowest BCUT2D eigenvalue weighted by molar-refractivity contribution is 0.0967. The van der Waals surface area contributed by atoms with Crippen LogP contribution in [0.15, 0.2) is 33.0 Å². The largest absolute Gasteiger partial charge is 0.454 e. The van der Waals surface area contributed by atoms with Gasteiger partial charge in [-0.3, -0.25) is 4.79 Å². The monoisotopic (exact) mass is 468 g/mol. The number of benzene rings is 1. The number of hydrogen-bond donors (Lipinski definition) is 1. The summed E-state index contributed by atoms with van der Waals surface area (Å²) in [7, 11) is -4.11. The second-order valence-corrected chi connectivity index (χ2v) is 9.72. The van der Waals surface area contributed by atoms with Gasteiger partial charge in [-0.15, -0.1) is 11.3 Å². The lowest BCUT2D eigenvalue weighted by Gasteiger charge is -2.15. The van der Waals surface area contributed by atoms with E-state index in [1.165, 1.54) is 6.07 Å².